The summed E-state index contributed by atoms with van der Waals surface area (Å²) in [5.41, 5.74) is 1.30. The zero-order valence-corrected chi connectivity index (χ0v) is 19.3. The van der Waals surface area contributed by atoms with E-state index in [-0.39, 0.29) is 16.5 Å². The predicted octanol–water partition coefficient (Wildman–Crippen LogP) is 4.04. The van der Waals surface area contributed by atoms with Crippen molar-refractivity contribution in [3.63, 3.8) is 0 Å². The molecule has 0 unspecified atom stereocenters. The molecule has 4 rings (SSSR count). The average molecular weight is 495 g/mol. The first-order valence-electron chi connectivity index (χ1n) is 10.1. The van der Waals surface area contributed by atoms with Gasteiger partial charge in [-0.15, -0.1) is 0 Å². The average Bonchev–Trinajstić information content (AvgIpc) is 2.82. The first-order valence-corrected chi connectivity index (χ1v) is 12.0. The molecule has 1 amide bonds. The van der Waals surface area contributed by atoms with E-state index in [2.05, 4.69) is 0 Å². The molecule has 0 saturated carbocycles. The minimum Gasteiger partial charge on any atom is -0.503 e. The van der Waals surface area contributed by atoms with E-state index < -0.39 is 32.7 Å². The third-order valence-electron chi connectivity index (χ3n) is 5.09. The van der Waals surface area contributed by atoms with Gasteiger partial charge in [-0.1, -0.05) is 72.3 Å². The van der Waals surface area contributed by atoms with Gasteiger partial charge in [-0.2, -0.15) is 0 Å². The highest BCUT2D eigenvalue weighted by molar-refractivity contribution is 7.90. The van der Waals surface area contributed by atoms with Crippen LogP contribution in [-0.4, -0.2) is 24.0 Å². The van der Waals surface area contributed by atoms with Crippen molar-refractivity contribution in [3.05, 3.63) is 118 Å². The van der Waals surface area contributed by atoms with E-state index >= 15 is 0 Å². The van der Waals surface area contributed by atoms with E-state index in [9.17, 15) is 23.1 Å². The van der Waals surface area contributed by atoms with Crippen molar-refractivity contribution in [1.29, 1.82) is 0 Å². The van der Waals surface area contributed by atoms with Crippen LogP contribution in [0.2, 0.25) is 5.02 Å². The molecule has 172 valence electrons. The Labute approximate surface area is 200 Å². The summed E-state index contributed by atoms with van der Waals surface area (Å²) in [6.07, 6.45) is 2.42. The van der Waals surface area contributed by atoms with Gasteiger partial charge in [-0.25, -0.2) is 13.1 Å². The molecular weight excluding hydrogens is 476 g/mol. The highest BCUT2D eigenvalue weighted by Crippen LogP contribution is 2.24. The first-order chi connectivity index (χ1) is 16.2. The minimum absolute atomic E-state index is 0.173. The number of aromatic nitrogens is 1. The maximum absolute atomic E-state index is 12.7. The van der Waals surface area contributed by atoms with Crippen LogP contribution in [0.4, 0.5) is 0 Å². The molecule has 0 atom stereocenters. The van der Waals surface area contributed by atoms with Crippen molar-refractivity contribution >= 4 is 27.5 Å². The van der Waals surface area contributed by atoms with E-state index in [1.165, 1.54) is 41.2 Å². The number of pyridine rings is 1. The summed E-state index contributed by atoms with van der Waals surface area (Å²) in [5.74, 6) is -1.84. The molecule has 1 heterocycles. The number of aromatic hydroxyl groups is 1. The second-order valence-corrected chi connectivity index (χ2v) is 9.59. The normalized spacial score (nSPS) is 11.2. The van der Waals surface area contributed by atoms with Gasteiger partial charge in [0.25, 0.3) is 15.9 Å². The molecule has 9 heteroatoms. The number of nitrogens with zero attached hydrogens (tertiary/aromatic N) is 1. The van der Waals surface area contributed by atoms with E-state index in [1.807, 2.05) is 59.3 Å². The van der Waals surface area contributed by atoms with Crippen molar-refractivity contribution < 1.29 is 18.3 Å². The Bertz CT molecular complexity index is 1530. The van der Waals surface area contributed by atoms with E-state index in [0.717, 1.165) is 16.7 Å². The molecule has 0 radical (unpaired) electrons. The van der Waals surface area contributed by atoms with E-state index in [0.29, 0.717) is 0 Å². The molecule has 1 aromatic heterocycles. The van der Waals surface area contributed by atoms with Crippen LogP contribution >= 0.6 is 11.6 Å². The number of benzene rings is 3. The number of rotatable bonds is 6. The van der Waals surface area contributed by atoms with E-state index in [1.54, 1.807) is 0 Å². The molecule has 0 spiro atoms. The molecule has 0 aliphatic heterocycles. The smallest absolute Gasteiger partial charge is 0.270 e. The van der Waals surface area contributed by atoms with Crippen LogP contribution < -0.4 is 10.2 Å². The molecule has 2 N–H and O–H groups in total. The van der Waals surface area contributed by atoms with Crippen molar-refractivity contribution in [3.8, 4) is 16.9 Å². The van der Waals surface area contributed by atoms with Gasteiger partial charge in [0.1, 0.15) is 5.56 Å². The standard InChI is InChI=1S/C25H19ClN2O5S/c26-19-10-6-11-20(13-19)34(32,33)27-25(31)22-15-28(16-23(29)24(22)30)14-18-9-4-5-12-21(18)17-7-2-1-3-8-17/h1-13,15-16,29H,14H2,(H,27,31). The molecule has 0 saturated heterocycles. The molecular formula is C25H19ClN2O5S. The van der Waals surface area contributed by atoms with Gasteiger partial charge in [0.05, 0.1) is 11.1 Å². The van der Waals surface area contributed by atoms with Crippen molar-refractivity contribution in [2.45, 2.75) is 11.4 Å². The van der Waals surface area contributed by atoms with Gasteiger partial charge in [0.2, 0.25) is 5.43 Å². The summed E-state index contributed by atoms with van der Waals surface area (Å²) in [6, 6.07) is 22.6. The SMILES string of the molecule is O=C(NS(=O)(=O)c1cccc(Cl)c1)c1cn(Cc2ccccc2-c2ccccc2)cc(O)c1=O. The van der Waals surface area contributed by atoms with Gasteiger partial charge < -0.3 is 9.67 Å². The molecule has 0 aliphatic rings. The number of halogens is 1. The Morgan fingerprint density at radius 2 is 1.65 bits per heavy atom. The summed E-state index contributed by atoms with van der Waals surface area (Å²) in [6.45, 7) is 0.222. The van der Waals surface area contributed by atoms with Gasteiger partial charge in [0.15, 0.2) is 5.75 Å². The van der Waals surface area contributed by atoms with Crippen LogP contribution in [0.15, 0.2) is 101 Å². The summed E-state index contributed by atoms with van der Waals surface area (Å²) in [5, 5.41) is 10.3. The number of hydrogen-bond acceptors (Lipinski definition) is 5. The topological polar surface area (TPSA) is 105 Å². The predicted molar refractivity (Wildman–Crippen MR) is 129 cm³/mol. The van der Waals surface area contributed by atoms with Crippen LogP contribution in [-0.2, 0) is 16.6 Å². The van der Waals surface area contributed by atoms with Crippen molar-refractivity contribution in [2.75, 3.05) is 0 Å². The summed E-state index contributed by atoms with van der Waals surface area (Å²) in [4.78, 5) is 24.9. The number of amides is 1. The Kier molecular flexibility index (Phi) is 6.54. The highest BCUT2D eigenvalue weighted by atomic mass is 35.5. The van der Waals surface area contributed by atoms with Gasteiger partial charge in [0, 0.05) is 17.8 Å². The molecule has 0 aliphatic carbocycles. The largest absolute Gasteiger partial charge is 0.503 e. The van der Waals surface area contributed by atoms with E-state index in [4.69, 9.17) is 11.6 Å². The molecule has 3 aromatic carbocycles. The van der Waals surface area contributed by atoms with Crippen LogP contribution in [0, 0.1) is 0 Å². The monoisotopic (exact) mass is 494 g/mol. The molecule has 4 aromatic rings. The number of carbonyl (C=O) groups is 1. The number of hydrogen-bond donors (Lipinski definition) is 2. The molecule has 0 fully saturated rings. The second kappa shape index (κ2) is 9.54. The van der Waals surface area contributed by atoms with Gasteiger partial charge in [-0.3, -0.25) is 9.59 Å². The third kappa shape index (κ3) is 5.03. The minimum atomic E-state index is -4.29. The number of sulfonamides is 1. The Hall–Kier alpha value is -3.88. The zero-order chi connectivity index (χ0) is 24.3. The lowest BCUT2D eigenvalue weighted by Crippen LogP contribution is -2.34. The van der Waals surface area contributed by atoms with Crippen molar-refractivity contribution in [1.82, 2.24) is 9.29 Å². The fraction of sp³-hybridized carbons (Fsp3) is 0.0400. The van der Waals surface area contributed by atoms with Gasteiger partial charge in [-0.05, 0) is 34.9 Å². The fourth-order valence-electron chi connectivity index (χ4n) is 3.49. The molecule has 0 bridgehead atoms. The Balaban J connectivity index is 1.67. The van der Waals surface area contributed by atoms with Gasteiger partial charge >= 0.3 is 0 Å². The number of nitrogens with one attached hydrogen (secondary N) is 1. The highest BCUT2D eigenvalue weighted by Gasteiger charge is 2.22. The van der Waals surface area contributed by atoms with Crippen LogP contribution in [0.5, 0.6) is 5.75 Å². The Morgan fingerprint density at radius 1 is 0.941 bits per heavy atom. The lowest BCUT2D eigenvalue weighted by molar-refractivity contribution is 0.0979. The Morgan fingerprint density at radius 3 is 2.38 bits per heavy atom. The second-order valence-electron chi connectivity index (χ2n) is 7.47. The quantitative estimate of drug-likeness (QED) is 0.421. The first kappa shape index (κ1) is 23.3. The van der Waals surface area contributed by atoms with Crippen LogP contribution in [0.25, 0.3) is 11.1 Å². The molecule has 34 heavy (non-hydrogen) atoms. The van der Waals surface area contributed by atoms with Crippen molar-refractivity contribution in [2.24, 2.45) is 0 Å². The summed E-state index contributed by atoms with van der Waals surface area (Å²) in [7, 11) is -4.29. The maximum atomic E-state index is 12.7. The van der Waals surface area contributed by atoms with Crippen LogP contribution in [0.1, 0.15) is 15.9 Å². The maximum Gasteiger partial charge on any atom is 0.270 e. The zero-order valence-electron chi connectivity index (χ0n) is 17.7. The summed E-state index contributed by atoms with van der Waals surface area (Å²) >= 11 is 5.84. The molecule has 7 nitrogen and oxygen atoms in total. The van der Waals surface area contributed by atoms with Crippen LogP contribution in [0.3, 0.4) is 0 Å². The lowest BCUT2D eigenvalue weighted by atomic mass is 9.99. The third-order valence-corrected chi connectivity index (χ3v) is 6.66. The lowest BCUT2D eigenvalue weighted by Gasteiger charge is -2.14. The number of carbonyl (C=O) groups excluding carboxylic acids is 1. The summed E-state index contributed by atoms with van der Waals surface area (Å²) < 4.78 is 28.5. The fourth-order valence-corrected chi connectivity index (χ4v) is 4.76.